The Labute approximate surface area is 125 Å². The third kappa shape index (κ3) is 3.25. The number of carboxylic acid groups (broad SMARTS) is 1. The Hall–Kier alpha value is -2.27. The average Bonchev–Trinajstić information content (AvgIpc) is 2.89. The first kappa shape index (κ1) is 13.7. The molecule has 0 saturated heterocycles. The van der Waals surface area contributed by atoms with Gasteiger partial charge in [0.15, 0.2) is 5.58 Å². The molecule has 5 heteroatoms. The third-order valence-corrected chi connectivity index (χ3v) is 4.15. The smallest absolute Gasteiger partial charge is 0.304 e. The van der Waals surface area contributed by atoms with E-state index in [1.54, 1.807) is 0 Å². The van der Waals surface area contributed by atoms with Gasteiger partial charge >= 0.3 is 5.97 Å². The van der Waals surface area contributed by atoms with Gasteiger partial charge in [-0.1, -0.05) is 54.2 Å². The van der Waals surface area contributed by atoms with Crippen molar-refractivity contribution in [1.29, 1.82) is 0 Å². The van der Waals surface area contributed by atoms with Gasteiger partial charge in [0.2, 0.25) is 0 Å². The number of hydrogen-bond donors (Lipinski definition) is 1. The fourth-order valence-electron chi connectivity index (χ4n) is 2.08. The summed E-state index contributed by atoms with van der Waals surface area (Å²) in [6.45, 7) is 0. The van der Waals surface area contributed by atoms with Gasteiger partial charge < -0.3 is 9.52 Å². The lowest BCUT2D eigenvalue weighted by atomic mass is 10.1. The lowest BCUT2D eigenvalue weighted by Gasteiger charge is -2.12. The topological polar surface area (TPSA) is 63.3 Å². The Balaban J connectivity index is 1.88. The molecule has 0 radical (unpaired) electrons. The van der Waals surface area contributed by atoms with Gasteiger partial charge in [-0.25, -0.2) is 4.98 Å². The zero-order valence-corrected chi connectivity index (χ0v) is 11.9. The van der Waals surface area contributed by atoms with Crippen LogP contribution >= 0.6 is 11.8 Å². The minimum Gasteiger partial charge on any atom is -0.481 e. The van der Waals surface area contributed by atoms with Crippen LogP contribution in [0.5, 0.6) is 0 Å². The van der Waals surface area contributed by atoms with Crippen LogP contribution in [0, 0.1) is 0 Å². The van der Waals surface area contributed by atoms with Gasteiger partial charge in [-0.2, -0.15) is 0 Å². The number of nitrogens with zero attached hydrogens (tertiary/aromatic N) is 1. The Morgan fingerprint density at radius 1 is 1.14 bits per heavy atom. The Bertz CT molecular complexity index is 721. The number of benzene rings is 2. The van der Waals surface area contributed by atoms with E-state index in [-0.39, 0.29) is 11.7 Å². The zero-order chi connectivity index (χ0) is 14.7. The summed E-state index contributed by atoms with van der Waals surface area (Å²) < 4.78 is 5.66. The summed E-state index contributed by atoms with van der Waals surface area (Å²) in [6, 6.07) is 17.0. The number of para-hydroxylation sites is 2. The molecule has 4 nitrogen and oxygen atoms in total. The Morgan fingerprint density at radius 2 is 1.86 bits per heavy atom. The molecular formula is C16H13NO3S. The van der Waals surface area contributed by atoms with Crippen molar-refractivity contribution in [2.24, 2.45) is 0 Å². The van der Waals surface area contributed by atoms with Crippen molar-refractivity contribution in [3.05, 3.63) is 60.2 Å². The molecule has 2 aromatic carbocycles. The van der Waals surface area contributed by atoms with E-state index < -0.39 is 5.97 Å². The second kappa shape index (κ2) is 6.01. The molecule has 0 amide bonds. The number of fused-ring (bicyclic) bond motifs is 1. The van der Waals surface area contributed by atoms with Crippen LogP contribution in [0.3, 0.4) is 0 Å². The molecule has 21 heavy (non-hydrogen) atoms. The van der Waals surface area contributed by atoms with Crippen LogP contribution in [0.1, 0.15) is 17.2 Å². The minimum absolute atomic E-state index is 0.0212. The summed E-state index contributed by atoms with van der Waals surface area (Å²) in [5.41, 5.74) is 2.44. The predicted octanol–water partition coefficient (Wildman–Crippen LogP) is 4.14. The molecule has 1 atom stereocenters. The number of aromatic nitrogens is 1. The molecule has 1 unspecified atom stereocenters. The second-order valence-corrected chi connectivity index (χ2v) is 5.72. The van der Waals surface area contributed by atoms with Crippen molar-refractivity contribution in [3.8, 4) is 0 Å². The van der Waals surface area contributed by atoms with Gasteiger partial charge in [-0.15, -0.1) is 0 Å². The Morgan fingerprint density at radius 3 is 2.57 bits per heavy atom. The maximum Gasteiger partial charge on any atom is 0.304 e. The molecular weight excluding hydrogens is 286 g/mol. The molecule has 3 aromatic rings. The molecule has 0 fully saturated rings. The molecule has 1 N–H and O–H groups in total. The van der Waals surface area contributed by atoms with Crippen LogP contribution in [0.2, 0.25) is 0 Å². The summed E-state index contributed by atoms with van der Waals surface area (Å²) in [5.74, 6) is -0.840. The summed E-state index contributed by atoms with van der Waals surface area (Å²) in [6.07, 6.45) is 0.0212. The summed E-state index contributed by atoms with van der Waals surface area (Å²) >= 11 is 1.34. The largest absolute Gasteiger partial charge is 0.481 e. The van der Waals surface area contributed by atoms with Gasteiger partial charge in [-0.05, 0) is 17.7 Å². The molecule has 106 valence electrons. The average molecular weight is 299 g/mol. The van der Waals surface area contributed by atoms with Crippen molar-refractivity contribution in [2.75, 3.05) is 0 Å². The second-order valence-electron chi connectivity index (χ2n) is 4.56. The number of rotatable bonds is 5. The fourth-order valence-corrected chi connectivity index (χ4v) is 3.13. The normalized spacial score (nSPS) is 12.4. The number of hydrogen-bond acceptors (Lipinski definition) is 4. The summed E-state index contributed by atoms with van der Waals surface area (Å²) in [4.78, 5) is 15.5. The maximum atomic E-state index is 11.1. The SMILES string of the molecule is O=C(O)CC(Sc1nc2ccccc2o1)c1ccccc1. The number of oxazole rings is 1. The third-order valence-electron chi connectivity index (χ3n) is 3.05. The highest BCUT2D eigenvalue weighted by Gasteiger charge is 2.20. The highest BCUT2D eigenvalue weighted by atomic mass is 32.2. The monoisotopic (exact) mass is 299 g/mol. The van der Waals surface area contributed by atoms with Gasteiger partial charge in [0, 0.05) is 5.25 Å². The minimum atomic E-state index is -0.840. The van der Waals surface area contributed by atoms with E-state index in [1.165, 1.54) is 11.8 Å². The van der Waals surface area contributed by atoms with E-state index in [1.807, 2.05) is 54.6 Å². The number of carboxylic acids is 1. The standard InChI is InChI=1S/C16H13NO3S/c18-15(19)10-14(11-6-2-1-3-7-11)21-16-17-12-8-4-5-9-13(12)20-16/h1-9,14H,10H2,(H,18,19). The lowest BCUT2D eigenvalue weighted by Crippen LogP contribution is -2.03. The summed E-state index contributed by atoms with van der Waals surface area (Å²) in [7, 11) is 0. The maximum absolute atomic E-state index is 11.1. The first-order valence-corrected chi connectivity index (χ1v) is 7.39. The number of thioether (sulfide) groups is 1. The molecule has 0 aliphatic rings. The highest BCUT2D eigenvalue weighted by molar-refractivity contribution is 7.99. The molecule has 0 aliphatic heterocycles. The van der Waals surface area contributed by atoms with Crippen LogP contribution in [0.15, 0.2) is 64.2 Å². The van der Waals surface area contributed by atoms with E-state index in [4.69, 9.17) is 9.52 Å². The molecule has 0 aliphatic carbocycles. The molecule has 0 bridgehead atoms. The Kier molecular flexibility index (Phi) is 3.92. The van der Waals surface area contributed by atoms with E-state index in [0.717, 1.165) is 11.1 Å². The van der Waals surface area contributed by atoms with E-state index in [2.05, 4.69) is 4.98 Å². The molecule has 3 rings (SSSR count). The van der Waals surface area contributed by atoms with Crippen molar-refractivity contribution >= 4 is 28.8 Å². The van der Waals surface area contributed by atoms with Crippen LogP contribution in [0.4, 0.5) is 0 Å². The van der Waals surface area contributed by atoms with Gasteiger partial charge in [0.25, 0.3) is 5.22 Å². The van der Waals surface area contributed by atoms with Crippen LogP contribution in [-0.4, -0.2) is 16.1 Å². The van der Waals surface area contributed by atoms with Crippen molar-refractivity contribution in [2.45, 2.75) is 16.9 Å². The number of carbonyl (C=O) groups is 1. The quantitative estimate of drug-likeness (QED) is 0.717. The predicted molar refractivity (Wildman–Crippen MR) is 81.3 cm³/mol. The van der Waals surface area contributed by atoms with Gasteiger partial charge in [0.1, 0.15) is 5.52 Å². The van der Waals surface area contributed by atoms with Crippen molar-refractivity contribution in [3.63, 3.8) is 0 Å². The first-order chi connectivity index (χ1) is 10.2. The van der Waals surface area contributed by atoms with Gasteiger partial charge in [0.05, 0.1) is 6.42 Å². The lowest BCUT2D eigenvalue weighted by molar-refractivity contribution is -0.137. The first-order valence-electron chi connectivity index (χ1n) is 6.51. The van der Waals surface area contributed by atoms with Crippen LogP contribution in [0.25, 0.3) is 11.1 Å². The van der Waals surface area contributed by atoms with Crippen molar-refractivity contribution < 1.29 is 14.3 Å². The highest BCUT2D eigenvalue weighted by Crippen LogP contribution is 2.38. The molecule has 1 heterocycles. The van der Waals surface area contributed by atoms with Crippen LogP contribution < -0.4 is 0 Å². The molecule has 1 aromatic heterocycles. The number of aliphatic carboxylic acids is 1. The fraction of sp³-hybridized carbons (Fsp3) is 0.125. The van der Waals surface area contributed by atoms with E-state index in [0.29, 0.717) is 10.8 Å². The van der Waals surface area contributed by atoms with E-state index in [9.17, 15) is 4.79 Å². The van der Waals surface area contributed by atoms with Crippen molar-refractivity contribution in [1.82, 2.24) is 4.98 Å². The van der Waals surface area contributed by atoms with Gasteiger partial charge in [-0.3, -0.25) is 4.79 Å². The van der Waals surface area contributed by atoms with E-state index >= 15 is 0 Å². The van der Waals surface area contributed by atoms with Crippen LogP contribution in [-0.2, 0) is 4.79 Å². The molecule has 0 spiro atoms. The zero-order valence-electron chi connectivity index (χ0n) is 11.1. The summed E-state index contributed by atoms with van der Waals surface area (Å²) in [5, 5.41) is 9.37. The molecule has 0 saturated carbocycles.